The first-order valence-electron chi connectivity index (χ1n) is 6.57. The number of alkyl halides is 3. The smallest absolute Gasteiger partial charge is 0.305 e. The van der Waals surface area contributed by atoms with Gasteiger partial charge in [0.25, 0.3) is 9.70 Å². The van der Waals surface area contributed by atoms with Gasteiger partial charge in [0.15, 0.2) is 0 Å². The molecule has 0 radical (unpaired) electrons. The van der Waals surface area contributed by atoms with Crippen molar-refractivity contribution in [1.29, 1.82) is 0 Å². The number of rotatable bonds is 5. The molecule has 0 aromatic heterocycles. The average molecular weight is 343 g/mol. The molecule has 1 aliphatic carbocycles. The molecule has 1 atom stereocenters. The van der Waals surface area contributed by atoms with Gasteiger partial charge in [-0.05, 0) is 18.8 Å². The molecule has 1 rings (SSSR count). The van der Waals surface area contributed by atoms with E-state index in [1.54, 1.807) is 6.08 Å². The number of allylic oxidation sites excluding steroid dienone is 1. The Kier molecular flexibility index (Phi) is 7.13. The predicted molar refractivity (Wildman–Crippen MR) is 80.2 cm³/mol. The number of amides is 1. The maximum absolute atomic E-state index is 11.6. The third-order valence-corrected chi connectivity index (χ3v) is 3.75. The van der Waals surface area contributed by atoms with Crippen LogP contribution < -0.4 is 5.32 Å². The van der Waals surface area contributed by atoms with Gasteiger partial charge in [0, 0.05) is 0 Å². The van der Waals surface area contributed by atoms with Gasteiger partial charge in [0.1, 0.15) is 0 Å². The summed E-state index contributed by atoms with van der Waals surface area (Å²) in [7, 11) is 0. The van der Waals surface area contributed by atoms with Gasteiger partial charge >= 0.3 is 5.97 Å². The monoisotopic (exact) mass is 341 g/mol. The molecule has 2 N–H and O–H groups in total. The minimum Gasteiger partial charge on any atom is -0.481 e. The van der Waals surface area contributed by atoms with Crippen LogP contribution >= 0.6 is 34.8 Å². The zero-order valence-electron chi connectivity index (χ0n) is 10.9. The lowest BCUT2D eigenvalue weighted by Gasteiger charge is -2.20. The van der Waals surface area contributed by atoms with Crippen LogP contribution in [0.4, 0.5) is 0 Å². The van der Waals surface area contributed by atoms with E-state index in [9.17, 15) is 9.59 Å². The Morgan fingerprint density at radius 1 is 1.25 bits per heavy atom. The Morgan fingerprint density at radius 3 is 2.35 bits per heavy atom. The molecular weight excluding hydrogens is 325 g/mol. The van der Waals surface area contributed by atoms with Crippen LogP contribution in [-0.4, -0.2) is 26.8 Å². The van der Waals surface area contributed by atoms with Crippen LogP contribution in [0, 0.1) is 5.92 Å². The molecule has 1 aliphatic rings. The van der Waals surface area contributed by atoms with Crippen molar-refractivity contribution in [2.45, 2.75) is 48.4 Å². The summed E-state index contributed by atoms with van der Waals surface area (Å²) in [5.74, 6) is -1.40. The molecule has 0 unspecified atom stereocenters. The molecule has 0 spiro atoms. The zero-order chi connectivity index (χ0) is 15.2. The van der Waals surface area contributed by atoms with Crippen molar-refractivity contribution in [3.63, 3.8) is 0 Å². The lowest BCUT2D eigenvalue weighted by molar-refractivity contribution is -0.137. The molecule has 4 nitrogen and oxygen atoms in total. The van der Waals surface area contributed by atoms with Crippen LogP contribution in [0.25, 0.3) is 0 Å². The number of carboxylic acids is 1. The Morgan fingerprint density at radius 2 is 1.85 bits per heavy atom. The van der Waals surface area contributed by atoms with Gasteiger partial charge in [-0.2, -0.15) is 0 Å². The number of carbonyl (C=O) groups is 2. The van der Waals surface area contributed by atoms with Gasteiger partial charge in [-0.25, -0.2) is 0 Å². The largest absolute Gasteiger partial charge is 0.481 e. The first-order chi connectivity index (χ1) is 9.29. The van der Waals surface area contributed by atoms with E-state index in [-0.39, 0.29) is 6.42 Å². The summed E-state index contributed by atoms with van der Waals surface area (Å²) in [6, 6.07) is -0.669. The summed E-state index contributed by atoms with van der Waals surface area (Å²) in [5.41, 5.74) is 0. The maximum atomic E-state index is 11.6. The molecule has 114 valence electrons. The van der Waals surface area contributed by atoms with Crippen molar-refractivity contribution in [1.82, 2.24) is 5.32 Å². The van der Waals surface area contributed by atoms with Crippen LogP contribution in [0.15, 0.2) is 12.2 Å². The summed E-state index contributed by atoms with van der Waals surface area (Å²) in [6.07, 6.45) is 9.20. The second kappa shape index (κ2) is 8.11. The van der Waals surface area contributed by atoms with Gasteiger partial charge < -0.3 is 10.4 Å². The van der Waals surface area contributed by atoms with E-state index in [4.69, 9.17) is 39.9 Å². The number of hydrogen-bond donors (Lipinski definition) is 2. The molecule has 0 aromatic rings. The van der Waals surface area contributed by atoms with E-state index in [1.165, 1.54) is 19.3 Å². The normalized spacial score (nSPS) is 18.9. The van der Waals surface area contributed by atoms with Gasteiger partial charge in [0.05, 0.1) is 12.5 Å². The Hall–Kier alpha value is -0.450. The minimum absolute atomic E-state index is 0.240. The fourth-order valence-corrected chi connectivity index (χ4v) is 2.39. The molecule has 0 saturated heterocycles. The van der Waals surface area contributed by atoms with Crippen LogP contribution in [-0.2, 0) is 9.59 Å². The minimum atomic E-state index is -2.09. The Balaban J connectivity index is 2.61. The van der Waals surface area contributed by atoms with Crippen LogP contribution in [0.5, 0.6) is 0 Å². The van der Waals surface area contributed by atoms with E-state index in [1.807, 2.05) is 6.08 Å². The number of carbonyl (C=O) groups excluding carboxylic acids is 1. The van der Waals surface area contributed by atoms with Crippen LogP contribution in [0.2, 0.25) is 0 Å². The van der Waals surface area contributed by atoms with Crippen molar-refractivity contribution in [2.75, 3.05) is 0 Å². The van der Waals surface area contributed by atoms with E-state index in [0.29, 0.717) is 5.92 Å². The maximum Gasteiger partial charge on any atom is 0.305 e. The average Bonchev–Trinajstić information content (AvgIpc) is 2.35. The lowest BCUT2D eigenvalue weighted by atomic mass is 9.88. The highest BCUT2D eigenvalue weighted by Gasteiger charge is 2.32. The van der Waals surface area contributed by atoms with E-state index in [2.05, 4.69) is 5.32 Å². The first-order valence-corrected chi connectivity index (χ1v) is 7.70. The quantitative estimate of drug-likeness (QED) is 0.594. The zero-order valence-corrected chi connectivity index (χ0v) is 13.2. The number of carboxylic acid groups (broad SMARTS) is 1. The van der Waals surface area contributed by atoms with Crippen molar-refractivity contribution in [2.24, 2.45) is 5.92 Å². The molecule has 0 heterocycles. The molecule has 0 aromatic carbocycles. The molecule has 0 aliphatic heterocycles. The molecular formula is C13H18Cl3NO3. The van der Waals surface area contributed by atoms with Crippen LogP contribution in [0.1, 0.15) is 38.5 Å². The summed E-state index contributed by atoms with van der Waals surface area (Å²) in [5, 5.41) is 11.3. The molecule has 7 heteroatoms. The van der Waals surface area contributed by atoms with Crippen molar-refractivity contribution < 1.29 is 14.7 Å². The fourth-order valence-electron chi connectivity index (χ4n) is 2.22. The molecule has 1 amide bonds. The summed E-state index contributed by atoms with van der Waals surface area (Å²) in [4.78, 5) is 22.4. The third-order valence-electron chi connectivity index (χ3n) is 3.23. The van der Waals surface area contributed by atoms with Gasteiger partial charge in [-0.1, -0.05) is 66.2 Å². The molecule has 20 heavy (non-hydrogen) atoms. The SMILES string of the molecule is O=C(O)C[C@@H](/C=C/C1CCCCC1)NC(=O)C(Cl)(Cl)Cl. The van der Waals surface area contributed by atoms with E-state index >= 15 is 0 Å². The predicted octanol–water partition coefficient (Wildman–Crippen LogP) is 3.45. The molecule has 1 saturated carbocycles. The second-order valence-electron chi connectivity index (χ2n) is 4.96. The number of aliphatic carboxylic acids is 1. The number of hydrogen-bond acceptors (Lipinski definition) is 2. The number of nitrogens with one attached hydrogen (secondary N) is 1. The fraction of sp³-hybridized carbons (Fsp3) is 0.692. The van der Waals surface area contributed by atoms with E-state index < -0.39 is 21.7 Å². The Bertz CT molecular complexity index is 374. The number of halogens is 3. The van der Waals surface area contributed by atoms with Crippen molar-refractivity contribution in [3.8, 4) is 0 Å². The molecule has 1 fully saturated rings. The summed E-state index contributed by atoms with van der Waals surface area (Å²) >= 11 is 16.4. The van der Waals surface area contributed by atoms with Gasteiger partial charge in [-0.15, -0.1) is 0 Å². The lowest BCUT2D eigenvalue weighted by Crippen LogP contribution is -2.41. The Labute approximate surface area is 133 Å². The summed E-state index contributed by atoms with van der Waals surface area (Å²) < 4.78 is -2.09. The molecule has 0 bridgehead atoms. The second-order valence-corrected chi connectivity index (χ2v) is 7.24. The van der Waals surface area contributed by atoms with Crippen LogP contribution in [0.3, 0.4) is 0 Å². The van der Waals surface area contributed by atoms with Crippen molar-refractivity contribution in [3.05, 3.63) is 12.2 Å². The highest BCUT2D eigenvalue weighted by Crippen LogP contribution is 2.27. The first kappa shape index (κ1) is 17.6. The highest BCUT2D eigenvalue weighted by molar-refractivity contribution is 6.76. The topological polar surface area (TPSA) is 66.4 Å². The standard InChI is InChI=1S/C13H18Cl3NO3/c14-13(15,16)12(20)17-10(8-11(18)19)7-6-9-4-2-1-3-5-9/h6-7,9-10H,1-5,8H2,(H,17,20)(H,18,19)/b7-6+/t10-/m1/s1. The van der Waals surface area contributed by atoms with Crippen molar-refractivity contribution >= 4 is 46.7 Å². The highest BCUT2D eigenvalue weighted by atomic mass is 35.6. The van der Waals surface area contributed by atoms with E-state index in [0.717, 1.165) is 12.8 Å². The van der Waals surface area contributed by atoms with Gasteiger partial charge in [0.2, 0.25) is 0 Å². The third kappa shape index (κ3) is 6.82. The summed E-state index contributed by atoms with van der Waals surface area (Å²) in [6.45, 7) is 0. The van der Waals surface area contributed by atoms with Gasteiger partial charge in [-0.3, -0.25) is 9.59 Å².